The fraction of sp³-hybridized carbons (Fsp3) is 0.750. The Kier molecular flexibility index (Phi) is 2.13. The van der Waals surface area contributed by atoms with Gasteiger partial charge in [0.1, 0.15) is 5.82 Å². The molecule has 6 heteroatoms. The number of hydrogen-bond donors (Lipinski definition) is 2. The van der Waals surface area contributed by atoms with Gasteiger partial charge in [-0.15, -0.1) is 5.10 Å². The predicted octanol–water partition coefficient (Wildman–Crippen LogP) is 1.68. The summed E-state index contributed by atoms with van der Waals surface area (Å²) in [4.78, 5) is 3.76. The molecule has 1 atom stereocenters. The molecule has 0 spiro atoms. The van der Waals surface area contributed by atoms with Gasteiger partial charge in [-0.1, -0.05) is 6.42 Å². The first-order valence-electron chi connectivity index (χ1n) is 4.65. The summed E-state index contributed by atoms with van der Waals surface area (Å²) in [6.07, 6.45) is 1.76. The third kappa shape index (κ3) is 1.56. The van der Waals surface area contributed by atoms with Crippen molar-refractivity contribution in [3.8, 4) is 0 Å². The summed E-state index contributed by atoms with van der Waals surface area (Å²) < 4.78 is 26.9. The number of nitrogens with one attached hydrogen (secondary N) is 1. The van der Waals surface area contributed by atoms with Crippen LogP contribution in [0.15, 0.2) is 0 Å². The summed E-state index contributed by atoms with van der Waals surface area (Å²) in [6, 6.07) is 0. The van der Waals surface area contributed by atoms with E-state index in [1.165, 1.54) is 0 Å². The zero-order valence-corrected chi connectivity index (χ0v) is 7.63. The van der Waals surface area contributed by atoms with E-state index >= 15 is 0 Å². The third-order valence-electron chi connectivity index (χ3n) is 2.61. The van der Waals surface area contributed by atoms with Gasteiger partial charge in [0.2, 0.25) is 5.95 Å². The van der Waals surface area contributed by atoms with Crippen LogP contribution in [0.25, 0.3) is 0 Å². The molecule has 1 unspecified atom stereocenters. The Labute approximate surface area is 79.9 Å². The van der Waals surface area contributed by atoms with Crippen molar-refractivity contribution < 1.29 is 8.78 Å². The number of aromatic nitrogens is 3. The van der Waals surface area contributed by atoms with Gasteiger partial charge >= 0.3 is 0 Å². The maximum Gasteiger partial charge on any atom is 0.257 e. The van der Waals surface area contributed by atoms with E-state index in [2.05, 4.69) is 15.2 Å². The highest BCUT2D eigenvalue weighted by Crippen LogP contribution is 2.43. The summed E-state index contributed by atoms with van der Waals surface area (Å²) in [7, 11) is 0. The molecular formula is C8H12F2N4. The Bertz CT molecular complexity index is 323. The van der Waals surface area contributed by atoms with E-state index in [9.17, 15) is 8.78 Å². The number of anilines is 1. The lowest BCUT2D eigenvalue weighted by atomic mass is 9.85. The third-order valence-corrected chi connectivity index (χ3v) is 2.61. The van der Waals surface area contributed by atoms with Crippen molar-refractivity contribution in [3.63, 3.8) is 0 Å². The molecule has 0 saturated heterocycles. The molecule has 0 aliphatic heterocycles. The number of halogens is 2. The normalized spacial score (nSPS) is 26.3. The van der Waals surface area contributed by atoms with Gasteiger partial charge in [-0.05, 0) is 12.8 Å². The molecule has 1 fully saturated rings. The van der Waals surface area contributed by atoms with Crippen molar-refractivity contribution >= 4 is 5.95 Å². The standard InChI is InChI=1S/C8H12F2N4/c9-8(10)4-2-1-3-5(8)6-12-7(11)14-13-6/h5H,1-4H2,(H3,11,12,13,14). The van der Waals surface area contributed by atoms with E-state index in [4.69, 9.17) is 5.73 Å². The SMILES string of the molecule is Nc1n[nH]c(C2CCCCC2(F)F)n1. The number of hydrogen-bond acceptors (Lipinski definition) is 3. The van der Waals surface area contributed by atoms with Crippen LogP contribution in [0.3, 0.4) is 0 Å². The Hall–Kier alpha value is -1.20. The van der Waals surface area contributed by atoms with Gasteiger partial charge < -0.3 is 5.73 Å². The first-order valence-corrected chi connectivity index (χ1v) is 4.65. The highest BCUT2D eigenvalue weighted by molar-refractivity contribution is 5.16. The van der Waals surface area contributed by atoms with Crippen LogP contribution in [-0.2, 0) is 0 Å². The minimum Gasteiger partial charge on any atom is -0.367 e. The molecule has 1 aromatic rings. The summed E-state index contributed by atoms with van der Waals surface area (Å²) in [6.45, 7) is 0. The van der Waals surface area contributed by atoms with E-state index in [0.717, 1.165) is 6.42 Å². The number of rotatable bonds is 1. The topological polar surface area (TPSA) is 67.6 Å². The molecular weight excluding hydrogens is 190 g/mol. The fourth-order valence-corrected chi connectivity index (χ4v) is 1.88. The van der Waals surface area contributed by atoms with Gasteiger partial charge in [-0.2, -0.15) is 4.98 Å². The van der Waals surface area contributed by atoms with Gasteiger partial charge in [0.15, 0.2) is 0 Å². The quantitative estimate of drug-likeness (QED) is 0.728. The van der Waals surface area contributed by atoms with E-state index in [-0.39, 0.29) is 18.2 Å². The lowest BCUT2D eigenvalue weighted by Crippen LogP contribution is -2.30. The molecule has 0 amide bonds. The Balaban J connectivity index is 2.23. The molecule has 0 radical (unpaired) electrons. The van der Waals surface area contributed by atoms with Crippen LogP contribution in [0.2, 0.25) is 0 Å². The molecule has 0 bridgehead atoms. The second-order valence-electron chi connectivity index (χ2n) is 3.64. The van der Waals surface area contributed by atoms with Gasteiger partial charge in [0.25, 0.3) is 5.92 Å². The Morgan fingerprint density at radius 3 is 2.79 bits per heavy atom. The van der Waals surface area contributed by atoms with Crippen LogP contribution in [0, 0.1) is 0 Å². The fourth-order valence-electron chi connectivity index (χ4n) is 1.88. The molecule has 1 heterocycles. The number of aromatic amines is 1. The average molecular weight is 202 g/mol. The molecule has 78 valence electrons. The molecule has 3 N–H and O–H groups in total. The van der Waals surface area contributed by atoms with Crippen LogP contribution < -0.4 is 5.73 Å². The average Bonchev–Trinajstić information content (AvgIpc) is 2.51. The highest BCUT2D eigenvalue weighted by atomic mass is 19.3. The van der Waals surface area contributed by atoms with Gasteiger partial charge in [-0.25, -0.2) is 8.78 Å². The summed E-state index contributed by atoms with van der Waals surface area (Å²) in [5.74, 6) is -3.28. The van der Waals surface area contributed by atoms with Crippen molar-refractivity contribution in [2.24, 2.45) is 0 Å². The molecule has 0 aromatic carbocycles. The van der Waals surface area contributed by atoms with Crippen molar-refractivity contribution in [1.29, 1.82) is 0 Å². The predicted molar refractivity (Wildman–Crippen MR) is 47.0 cm³/mol. The molecule has 4 nitrogen and oxygen atoms in total. The number of alkyl halides is 2. The largest absolute Gasteiger partial charge is 0.367 e. The number of nitrogens with zero attached hydrogens (tertiary/aromatic N) is 2. The maximum absolute atomic E-state index is 13.4. The smallest absolute Gasteiger partial charge is 0.257 e. The van der Waals surface area contributed by atoms with Crippen molar-refractivity contribution in [2.75, 3.05) is 5.73 Å². The van der Waals surface area contributed by atoms with Gasteiger partial charge in [0, 0.05) is 6.42 Å². The molecule has 1 aliphatic carbocycles. The Morgan fingerprint density at radius 2 is 2.21 bits per heavy atom. The second-order valence-corrected chi connectivity index (χ2v) is 3.64. The monoisotopic (exact) mass is 202 g/mol. The summed E-state index contributed by atoms with van der Waals surface area (Å²) in [5, 5.41) is 6.03. The van der Waals surface area contributed by atoms with E-state index in [1.807, 2.05) is 0 Å². The van der Waals surface area contributed by atoms with Crippen molar-refractivity contribution in [1.82, 2.24) is 15.2 Å². The molecule has 1 aromatic heterocycles. The second kappa shape index (κ2) is 3.18. The van der Waals surface area contributed by atoms with Crippen molar-refractivity contribution in [2.45, 2.75) is 37.5 Å². The highest BCUT2D eigenvalue weighted by Gasteiger charge is 2.44. The Morgan fingerprint density at radius 1 is 1.43 bits per heavy atom. The summed E-state index contributed by atoms with van der Waals surface area (Å²) in [5.41, 5.74) is 5.28. The van der Waals surface area contributed by atoms with Crippen LogP contribution in [0.4, 0.5) is 14.7 Å². The maximum atomic E-state index is 13.4. The summed E-state index contributed by atoms with van der Waals surface area (Å²) >= 11 is 0. The van der Waals surface area contributed by atoms with Gasteiger partial charge in [0.05, 0.1) is 5.92 Å². The lowest BCUT2D eigenvalue weighted by molar-refractivity contribution is -0.0570. The van der Waals surface area contributed by atoms with E-state index < -0.39 is 11.8 Å². The van der Waals surface area contributed by atoms with Gasteiger partial charge in [-0.3, -0.25) is 5.10 Å². The number of nitrogens with two attached hydrogens (primary N) is 1. The van der Waals surface area contributed by atoms with Crippen LogP contribution >= 0.6 is 0 Å². The first kappa shape index (κ1) is 9.36. The number of H-pyrrole nitrogens is 1. The lowest BCUT2D eigenvalue weighted by Gasteiger charge is -2.29. The molecule has 14 heavy (non-hydrogen) atoms. The molecule has 2 rings (SSSR count). The van der Waals surface area contributed by atoms with Crippen LogP contribution in [0.5, 0.6) is 0 Å². The molecule has 1 aliphatic rings. The molecule has 1 saturated carbocycles. The van der Waals surface area contributed by atoms with E-state index in [1.54, 1.807) is 0 Å². The van der Waals surface area contributed by atoms with Crippen molar-refractivity contribution in [3.05, 3.63) is 5.82 Å². The van der Waals surface area contributed by atoms with Crippen LogP contribution in [0.1, 0.15) is 37.4 Å². The first-order chi connectivity index (χ1) is 6.59. The van der Waals surface area contributed by atoms with Crippen LogP contribution in [-0.4, -0.2) is 21.1 Å². The van der Waals surface area contributed by atoms with E-state index in [0.29, 0.717) is 12.8 Å². The minimum absolute atomic E-state index is 0.0290. The zero-order valence-electron chi connectivity index (χ0n) is 7.63. The zero-order chi connectivity index (χ0) is 10.2. The number of nitrogen functional groups attached to an aromatic ring is 1. The minimum atomic E-state index is -2.68.